The number of halogens is 12. The van der Waals surface area contributed by atoms with Crippen LogP contribution in [0.1, 0.15) is 6.92 Å². The molecule has 0 bridgehead atoms. The van der Waals surface area contributed by atoms with Gasteiger partial charge in [-0.2, -0.15) is 0 Å². The van der Waals surface area contributed by atoms with Gasteiger partial charge in [0.25, 0.3) is 0 Å². The first kappa shape index (κ1) is 27.6. The molecular weight excluding hydrogens is 598 g/mol. The second-order valence-electron chi connectivity index (χ2n) is 3.99. The fourth-order valence-corrected chi connectivity index (χ4v) is 16.0. The lowest BCUT2D eigenvalue weighted by molar-refractivity contribution is 1.05. The highest BCUT2D eigenvalue weighted by Crippen LogP contribution is 2.42. The molecule has 1 unspecified atom stereocenters. The maximum atomic E-state index is 5.71. The second kappa shape index (κ2) is 11.2. The molecule has 0 N–H and O–H groups in total. The fourth-order valence-electron chi connectivity index (χ4n) is 0.746. The second-order valence-corrected chi connectivity index (χ2v) is 40.9. The van der Waals surface area contributed by atoms with Crippen LogP contribution < -0.4 is 0 Å². The van der Waals surface area contributed by atoms with Crippen LogP contribution in [-0.2, 0) is 0 Å². The predicted octanol–water partition coefficient (Wildman–Crippen LogP) is 8.98. The molecule has 16 heteroatoms. The summed E-state index contributed by atoms with van der Waals surface area (Å²) in [6, 6.07) is -9.16. The first-order chi connectivity index (χ1) is 8.83. The van der Waals surface area contributed by atoms with Crippen molar-refractivity contribution in [1.29, 1.82) is 0 Å². The van der Waals surface area contributed by atoms with Crippen LogP contribution in [0.2, 0.25) is 23.7 Å². The topological polar surface area (TPSA) is 0 Å². The van der Waals surface area contributed by atoms with Gasteiger partial charge in [-0.25, -0.2) is 0 Å². The van der Waals surface area contributed by atoms with E-state index in [0.29, 0.717) is 18.1 Å². The zero-order chi connectivity index (χ0) is 17.7. The summed E-state index contributed by atoms with van der Waals surface area (Å²) in [5.41, 5.74) is -0.0910. The van der Waals surface area contributed by atoms with E-state index in [0.717, 1.165) is 0 Å². The van der Waals surface area contributed by atoms with Crippen molar-refractivity contribution in [3.63, 3.8) is 0 Å². The van der Waals surface area contributed by atoms with E-state index in [-0.39, 0.29) is 5.54 Å². The standard InChI is InChI=1S/C3H6Cl6Si2.C2H4Cl6Si2/c1-3(11(7,8)9)2-10(4,5)6;3-9(4,5)1-2-10(6,7)8/h3H,2H2,1H3;1-2H2. The highest BCUT2D eigenvalue weighted by Gasteiger charge is 2.40. The smallest absolute Gasteiger partial charge is 0.126 e. The highest BCUT2D eigenvalue weighted by molar-refractivity contribution is 7.68. The molecule has 1 atom stereocenters. The summed E-state index contributed by atoms with van der Waals surface area (Å²) in [5.74, 6) is 0. The predicted molar refractivity (Wildman–Crippen MR) is 117 cm³/mol. The Morgan fingerprint density at radius 1 is 0.571 bits per heavy atom. The van der Waals surface area contributed by atoms with Crippen molar-refractivity contribution < 1.29 is 0 Å². The molecule has 0 saturated carbocycles. The largest absolute Gasteiger partial charge is 0.343 e. The molecule has 0 heterocycles. The summed E-state index contributed by atoms with van der Waals surface area (Å²) >= 11 is 67.4. The monoisotopic (exact) mass is 602 g/mol. The number of rotatable bonds is 6. The zero-order valence-corrected chi connectivity index (χ0v) is 23.3. The molecule has 0 spiro atoms. The van der Waals surface area contributed by atoms with Crippen molar-refractivity contribution in [2.45, 2.75) is 30.6 Å². The van der Waals surface area contributed by atoms with Crippen LogP contribution in [-0.4, -0.2) is 24.0 Å². The van der Waals surface area contributed by atoms with Crippen LogP contribution in [0.4, 0.5) is 0 Å². The number of hydrogen-bond donors (Lipinski definition) is 0. The van der Waals surface area contributed by atoms with Gasteiger partial charge >= 0.3 is 24.0 Å². The molecule has 0 rings (SSSR count). The van der Waals surface area contributed by atoms with Gasteiger partial charge < -0.3 is 0 Å². The Kier molecular flexibility index (Phi) is 14.8. The van der Waals surface area contributed by atoms with E-state index in [1.165, 1.54) is 0 Å². The summed E-state index contributed by atoms with van der Waals surface area (Å²) in [6.07, 6.45) is 0. The Balaban J connectivity index is 0. The van der Waals surface area contributed by atoms with Crippen LogP contribution in [0.5, 0.6) is 0 Å². The van der Waals surface area contributed by atoms with E-state index in [2.05, 4.69) is 0 Å². The molecule has 0 radical (unpaired) electrons. The van der Waals surface area contributed by atoms with Gasteiger partial charge in [-0.1, -0.05) is 6.92 Å². The molecule has 21 heavy (non-hydrogen) atoms. The van der Waals surface area contributed by atoms with E-state index >= 15 is 0 Å². The zero-order valence-electron chi connectivity index (χ0n) is 10.2. The third-order valence-corrected chi connectivity index (χ3v) is 14.9. The lowest BCUT2D eigenvalue weighted by Gasteiger charge is -2.19. The molecule has 0 nitrogen and oxygen atoms in total. The molecule has 0 aliphatic heterocycles. The van der Waals surface area contributed by atoms with E-state index < -0.39 is 24.0 Å². The summed E-state index contributed by atoms with van der Waals surface area (Å²) in [5, 5.41) is 0. The molecule has 0 saturated heterocycles. The summed E-state index contributed by atoms with van der Waals surface area (Å²) in [6.45, 7) is 1.80. The van der Waals surface area contributed by atoms with Gasteiger partial charge in [-0.3, -0.25) is 0 Å². The maximum absolute atomic E-state index is 5.71. The van der Waals surface area contributed by atoms with Gasteiger partial charge in [0.1, 0.15) is 0 Å². The Hall–Kier alpha value is 4.35. The lowest BCUT2D eigenvalue weighted by Crippen LogP contribution is -2.23. The van der Waals surface area contributed by atoms with Crippen LogP contribution in [0.15, 0.2) is 0 Å². The van der Waals surface area contributed by atoms with Gasteiger partial charge in [0.05, 0.1) is 0 Å². The third kappa shape index (κ3) is 24.3. The quantitative estimate of drug-likeness (QED) is 0.209. The normalized spacial score (nSPS) is 15.3. The molecule has 0 aliphatic rings. The average molecular weight is 608 g/mol. The van der Waals surface area contributed by atoms with Crippen molar-refractivity contribution >= 4 is 157 Å². The number of hydrogen-bond acceptors (Lipinski definition) is 0. The summed E-state index contributed by atoms with van der Waals surface area (Å²) in [7, 11) is 0. The average Bonchev–Trinajstić information content (AvgIpc) is 2.09. The molecule has 0 aromatic rings. The minimum Gasteiger partial charge on any atom is -0.126 e. The van der Waals surface area contributed by atoms with Crippen LogP contribution in [0, 0.1) is 0 Å². The Bertz CT molecular complexity index is 272. The van der Waals surface area contributed by atoms with Crippen molar-refractivity contribution in [1.82, 2.24) is 0 Å². The maximum Gasteiger partial charge on any atom is 0.343 e. The third-order valence-electron chi connectivity index (χ3n) is 1.79. The molecule has 0 aliphatic carbocycles. The molecule has 0 amide bonds. The van der Waals surface area contributed by atoms with E-state index in [9.17, 15) is 0 Å². The Morgan fingerprint density at radius 2 is 0.857 bits per heavy atom. The van der Waals surface area contributed by atoms with Crippen molar-refractivity contribution in [3.05, 3.63) is 0 Å². The first-order valence-corrected chi connectivity index (χ1v) is 25.9. The van der Waals surface area contributed by atoms with Crippen molar-refractivity contribution in [2.75, 3.05) is 0 Å². The summed E-state index contributed by atoms with van der Waals surface area (Å²) in [4.78, 5) is 0. The molecule has 0 aromatic carbocycles. The molecule has 130 valence electrons. The summed E-state index contributed by atoms with van der Waals surface area (Å²) < 4.78 is 0. The molecule has 0 fully saturated rings. The minimum absolute atomic E-state index is 0.0910. The highest BCUT2D eigenvalue weighted by atomic mass is 35.9. The van der Waals surface area contributed by atoms with E-state index in [1.807, 2.05) is 0 Å². The van der Waals surface area contributed by atoms with Crippen LogP contribution >= 0.6 is 133 Å². The lowest BCUT2D eigenvalue weighted by atomic mass is 10.6. The van der Waals surface area contributed by atoms with Crippen LogP contribution in [0.3, 0.4) is 0 Å². The van der Waals surface area contributed by atoms with E-state index in [1.54, 1.807) is 6.92 Å². The van der Waals surface area contributed by atoms with Crippen LogP contribution in [0.25, 0.3) is 0 Å². The molecule has 0 aromatic heterocycles. The minimum atomic E-state index is -2.67. The van der Waals surface area contributed by atoms with Gasteiger partial charge in [0, 0.05) is 0 Å². The fraction of sp³-hybridized carbons (Fsp3) is 1.00. The van der Waals surface area contributed by atoms with Gasteiger partial charge in [-0.15, -0.1) is 133 Å². The first-order valence-electron chi connectivity index (χ1n) is 5.10. The van der Waals surface area contributed by atoms with Gasteiger partial charge in [0.15, 0.2) is 0 Å². The molecular formula is C5H10Cl12Si4. The van der Waals surface area contributed by atoms with Crippen molar-refractivity contribution in [2.24, 2.45) is 0 Å². The Morgan fingerprint density at radius 3 is 0.952 bits per heavy atom. The van der Waals surface area contributed by atoms with E-state index in [4.69, 9.17) is 133 Å². The van der Waals surface area contributed by atoms with Gasteiger partial charge in [-0.05, 0) is 23.7 Å². The van der Waals surface area contributed by atoms with Gasteiger partial charge in [0.2, 0.25) is 0 Å². The Labute approximate surface area is 185 Å². The van der Waals surface area contributed by atoms with Crippen molar-refractivity contribution in [3.8, 4) is 0 Å². The SMILES string of the molecule is CC(C[Si](Cl)(Cl)Cl)[Si](Cl)(Cl)Cl.Cl[Si](Cl)(Cl)CC[Si](Cl)(Cl)Cl.